The number of benzene rings is 3. The molecule has 0 saturated carbocycles. The summed E-state index contributed by atoms with van der Waals surface area (Å²) in [6.07, 6.45) is 0. The van der Waals surface area contributed by atoms with Gasteiger partial charge in [-0.2, -0.15) is 0 Å². The number of likely N-dealkylation sites (N-methyl/N-ethyl adjacent to an activating group) is 1. The highest BCUT2D eigenvalue weighted by atomic mass is 16.5. The predicted molar refractivity (Wildman–Crippen MR) is 142 cm³/mol. The Labute approximate surface area is 214 Å². The van der Waals surface area contributed by atoms with E-state index in [1.165, 1.54) is 4.90 Å². The quantitative estimate of drug-likeness (QED) is 0.345. The topological polar surface area (TPSA) is 86.1 Å². The number of carbonyl (C=O) groups excluding carboxylic acids is 2. The maximum absolute atomic E-state index is 13.4. The standard InChI is InChI=1S/C30H27NO6/c1-30(2,3)20-12-9-18(10-13-20)28-29(27(34)21-7-5-6-8-24(21)37-28)36-16-23(32)19-11-14-25-22(15-19)31(4)26(33)17-35-25/h5-15H,16-17H2,1-4H3. The number of nitrogens with zero attached hydrogens (tertiary/aromatic N) is 1. The largest absolute Gasteiger partial charge is 0.482 e. The highest BCUT2D eigenvalue weighted by Gasteiger charge is 2.24. The van der Waals surface area contributed by atoms with Gasteiger partial charge >= 0.3 is 0 Å². The SMILES string of the molecule is CN1C(=O)COc2ccc(C(=O)COc3c(-c4ccc(C(C)(C)C)cc4)oc4ccccc4c3=O)cc21. The van der Waals surface area contributed by atoms with Crippen molar-refractivity contribution in [2.45, 2.75) is 26.2 Å². The maximum atomic E-state index is 13.4. The molecule has 7 nitrogen and oxygen atoms in total. The van der Waals surface area contributed by atoms with Gasteiger partial charge in [-0.25, -0.2) is 0 Å². The molecule has 0 N–H and O–H groups in total. The molecular formula is C30H27NO6. The molecule has 4 aromatic rings. The Hall–Kier alpha value is -4.39. The van der Waals surface area contributed by atoms with Gasteiger partial charge in [-0.05, 0) is 41.3 Å². The number of ether oxygens (including phenoxy) is 2. The molecule has 0 atom stereocenters. The Morgan fingerprint density at radius 3 is 2.46 bits per heavy atom. The van der Waals surface area contributed by atoms with Gasteiger partial charge in [-0.15, -0.1) is 0 Å². The van der Waals surface area contributed by atoms with E-state index < -0.39 is 0 Å². The number of rotatable bonds is 5. The number of ketones is 1. The monoisotopic (exact) mass is 497 g/mol. The van der Waals surface area contributed by atoms with Crippen LogP contribution in [0.2, 0.25) is 0 Å². The summed E-state index contributed by atoms with van der Waals surface area (Å²) in [6, 6.07) is 19.6. The number of anilines is 1. The van der Waals surface area contributed by atoms with E-state index in [1.807, 2.05) is 24.3 Å². The second kappa shape index (κ2) is 9.24. The minimum Gasteiger partial charge on any atom is -0.482 e. The smallest absolute Gasteiger partial charge is 0.264 e. The maximum Gasteiger partial charge on any atom is 0.264 e. The molecule has 0 unspecified atom stereocenters. The minimum absolute atomic E-state index is 0.0239. The molecule has 0 bridgehead atoms. The molecule has 3 aromatic carbocycles. The van der Waals surface area contributed by atoms with Gasteiger partial charge in [0.05, 0.1) is 11.1 Å². The zero-order valence-electron chi connectivity index (χ0n) is 21.2. The van der Waals surface area contributed by atoms with Gasteiger partial charge in [0.1, 0.15) is 11.3 Å². The number of fused-ring (bicyclic) bond motifs is 2. The highest BCUT2D eigenvalue weighted by molar-refractivity contribution is 6.02. The van der Waals surface area contributed by atoms with Crippen LogP contribution in [0.15, 0.2) is 75.9 Å². The van der Waals surface area contributed by atoms with Crippen molar-refractivity contribution < 1.29 is 23.5 Å². The van der Waals surface area contributed by atoms with Gasteiger partial charge in [0, 0.05) is 18.2 Å². The number of amides is 1. The Morgan fingerprint density at radius 1 is 1.00 bits per heavy atom. The summed E-state index contributed by atoms with van der Waals surface area (Å²) < 4.78 is 17.4. The number of hydrogen-bond donors (Lipinski definition) is 0. The number of Topliss-reactive ketones (excluding diaryl/α,β-unsaturated/α-hetero) is 1. The van der Waals surface area contributed by atoms with Crippen molar-refractivity contribution in [2.24, 2.45) is 0 Å². The molecule has 37 heavy (non-hydrogen) atoms. The molecule has 0 spiro atoms. The molecule has 0 radical (unpaired) electrons. The lowest BCUT2D eigenvalue weighted by molar-refractivity contribution is -0.120. The fourth-order valence-electron chi connectivity index (χ4n) is 4.23. The van der Waals surface area contributed by atoms with Crippen molar-refractivity contribution in [3.63, 3.8) is 0 Å². The van der Waals surface area contributed by atoms with E-state index in [4.69, 9.17) is 13.9 Å². The van der Waals surface area contributed by atoms with Gasteiger partial charge in [-0.1, -0.05) is 57.2 Å². The first-order chi connectivity index (χ1) is 17.6. The van der Waals surface area contributed by atoms with Crippen molar-refractivity contribution in [1.82, 2.24) is 0 Å². The third-order valence-corrected chi connectivity index (χ3v) is 6.48. The van der Waals surface area contributed by atoms with Crippen LogP contribution in [0.25, 0.3) is 22.3 Å². The molecule has 0 aliphatic carbocycles. The van der Waals surface area contributed by atoms with E-state index in [2.05, 4.69) is 20.8 Å². The lowest BCUT2D eigenvalue weighted by atomic mass is 9.86. The molecule has 1 amide bonds. The van der Waals surface area contributed by atoms with Gasteiger partial charge < -0.3 is 18.8 Å². The van der Waals surface area contributed by atoms with Crippen molar-refractivity contribution >= 4 is 28.3 Å². The van der Waals surface area contributed by atoms with Gasteiger partial charge in [-0.3, -0.25) is 14.4 Å². The van der Waals surface area contributed by atoms with Crippen molar-refractivity contribution in [2.75, 3.05) is 25.2 Å². The Morgan fingerprint density at radius 2 is 1.73 bits per heavy atom. The molecule has 1 aliphatic heterocycles. The summed E-state index contributed by atoms with van der Waals surface area (Å²) in [6.45, 7) is 5.95. The van der Waals surface area contributed by atoms with Crippen molar-refractivity contribution in [1.29, 1.82) is 0 Å². The lowest BCUT2D eigenvalue weighted by Crippen LogP contribution is -2.35. The zero-order chi connectivity index (χ0) is 26.3. The van der Waals surface area contributed by atoms with Crippen molar-refractivity contribution in [3.8, 4) is 22.8 Å². The molecule has 7 heteroatoms. The molecule has 2 heterocycles. The number of para-hydroxylation sites is 1. The molecule has 0 fully saturated rings. The molecule has 188 valence electrons. The summed E-state index contributed by atoms with van der Waals surface area (Å²) >= 11 is 0. The first-order valence-corrected chi connectivity index (χ1v) is 12.0. The van der Waals surface area contributed by atoms with E-state index in [0.717, 1.165) is 5.56 Å². The second-order valence-electron chi connectivity index (χ2n) is 10.0. The normalized spacial score (nSPS) is 13.3. The van der Waals surface area contributed by atoms with Gasteiger partial charge in [0.2, 0.25) is 11.2 Å². The van der Waals surface area contributed by atoms with Crippen LogP contribution in [0.3, 0.4) is 0 Å². The molecule has 0 saturated heterocycles. The second-order valence-corrected chi connectivity index (χ2v) is 10.0. The molecule has 1 aromatic heterocycles. The van der Waals surface area contributed by atoms with E-state index >= 15 is 0 Å². The third kappa shape index (κ3) is 4.60. The van der Waals surface area contributed by atoms with Crippen LogP contribution in [0.1, 0.15) is 36.7 Å². The van der Waals surface area contributed by atoms with Gasteiger partial charge in [0.15, 0.2) is 24.8 Å². The molecule has 5 rings (SSSR count). The Bertz CT molecular complexity index is 1580. The third-order valence-electron chi connectivity index (χ3n) is 6.48. The van der Waals surface area contributed by atoms with Crippen LogP contribution in [-0.2, 0) is 10.2 Å². The first kappa shape index (κ1) is 24.3. The minimum atomic E-state index is -0.381. The van der Waals surface area contributed by atoms with Crippen LogP contribution < -0.4 is 19.8 Å². The lowest BCUT2D eigenvalue weighted by Gasteiger charge is -2.26. The van der Waals surface area contributed by atoms with E-state index in [9.17, 15) is 14.4 Å². The van der Waals surface area contributed by atoms with Crippen molar-refractivity contribution in [3.05, 3.63) is 88.1 Å². The van der Waals surface area contributed by atoms with Crippen LogP contribution in [-0.4, -0.2) is 32.0 Å². The first-order valence-electron chi connectivity index (χ1n) is 12.0. The Kier molecular flexibility index (Phi) is 6.07. The average Bonchev–Trinajstić information content (AvgIpc) is 2.89. The number of hydrogen-bond acceptors (Lipinski definition) is 6. The van der Waals surface area contributed by atoms with E-state index in [1.54, 1.807) is 49.5 Å². The predicted octanol–water partition coefficient (Wildman–Crippen LogP) is 5.37. The summed E-state index contributed by atoms with van der Waals surface area (Å²) in [4.78, 5) is 39.9. The average molecular weight is 498 g/mol. The van der Waals surface area contributed by atoms with Crippen LogP contribution in [0.4, 0.5) is 5.69 Å². The van der Waals surface area contributed by atoms with E-state index in [-0.39, 0.29) is 47.3 Å². The number of carbonyl (C=O) groups is 2. The fraction of sp³-hybridized carbons (Fsp3) is 0.233. The van der Waals surface area contributed by atoms with Gasteiger partial charge in [0.25, 0.3) is 5.91 Å². The summed E-state index contributed by atoms with van der Waals surface area (Å²) in [5.74, 6) is 0.209. The van der Waals surface area contributed by atoms with Crippen LogP contribution >= 0.6 is 0 Å². The van der Waals surface area contributed by atoms with Crippen LogP contribution in [0.5, 0.6) is 11.5 Å². The summed E-state index contributed by atoms with van der Waals surface area (Å²) in [5.41, 5.74) is 2.70. The highest BCUT2D eigenvalue weighted by Crippen LogP contribution is 2.34. The summed E-state index contributed by atoms with van der Waals surface area (Å²) in [5, 5.41) is 0.367. The fourth-order valence-corrected chi connectivity index (χ4v) is 4.23. The Balaban J connectivity index is 1.49. The molecule has 1 aliphatic rings. The van der Waals surface area contributed by atoms with E-state index in [0.29, 0.717) is 33.5 Å². The zero-order valence-corrected chi connectivity index (χ0v) is 21.2. The van der Waals surface area contributed by atoms with Crippen LogP contribution in [0, 0.1) is 0 Å². The summed E-state index contributed by atoms with van der Waals surface area (Å²) in [7, 11) is 1.63. The molecular weight excluding hydrogens is 470 g/mol.